The summed E-state index contributed by atoms with van der Waals surface area (Å²) in [6.45, 7) is 15.4. The van der Waals surface area contributed by atoms with Crippen LogP contribution in [0.2, 0.25) is 0 Å². The summed E-state index contributed by atoms with van der Waals surface area (Å²) in [5.74, 6) is 1.36. The Hall–Kier alpha value is -4.15. The molecule has 3 heterocycles. The fourth-order valence-corrected chi connectivity index (χ4v) is 8.60. The number of aromatic hydroxyl groups is 1. The van der Waals surface area contributed by atoms with Crippen LogP contribution in [0.1, 0.15) is 63.8 Å². The second-order valence-corrected chi connectivity index (χ2v) is 14.1. The first-order chi connectivity index (χ1) is 21.3. The summed E-state index contributed by atoms with van der Waals surface area (Å²) in [6.07, 6.45) is 0. The SMILES string of the molecule is Cc1cc(O)c2nc(Oc3[c-]c(C4=N[C@@]5(C)c6ccccc6C(C)(C)[C@@]5(C(C)(C)C)O4)c4c(c3)oc3ccccc34)ccc2c1.[Pt]. The Labute approximate surface area is 282 Å². The smallest absolute Gasteiger partial charge is 0.217 e. The largest absolute Gasteiger partial charge is 0.510 e. The van der Waals surface area contributed by atoms with E-state index >= 15 is 0 Å². The number of phenols is 1. The van der Waals surface area contributed by atoms with Gasteiger partial charge in [0.25, 0.3) is 0 Å². The molecule has 6 aromatic rings. The van der Waals surface area contributed by atoms with Crippen LogP contribution in [0.3, 0.4) is 0 Å². The zero-order valence-electron chi connectivity index (χ0n) is 26.9. The van der Waals surface area contributed by atoms with Gasteiger partial charge < -0.3 is 19.0 Å². The van der Waals surface area contributed by atoms with Gasteiger partial charge >= 0.3 is 0 Å². The van der Waals surface area contributed by atoms with E-state index < -0.39 is 11.1 Å². The predicted molar refractivity (Wildman–Crippen MR) is 177 cm³/mol. The molecule has 0 saturated heterocycles. The van der Waals surface area contributed by atoms with Gasteiger partial charge in [-0.2, -0.15) is 0 Å². The third-order valence-electron chi connectivity index (χ3n) is 10.0. The first-order valence-corrected chi connectivity index (χ1v) is 15.4. The molecule has 4 aromatic carbocycles. The fourth-order valence-electron chi connectivity index (χ4n) is 8.60. The molecular weight excluding hydrogens is 756 g/mol. The summed E-state index contributed by atoms with van der Waals surface area (Å²) in [4.78, 5) is 10.1. The van der Waals surface area contributed by atoms with Crippen molar-refractivity contribution in [3.05, 3.63) is 107 Å². The van der Waals surface area contributed by atoms with Gasteiger partial charge in [-0.1, -0.05) is 100 Å². The standard InChI is InChI=1S/C39H35N2O4.Pt/c1-22-18-23-16-17-32(40-34(23)29(42)19-22)43-24-20-26(33-25-12-8-11-15-30(25)44-31(33)21-24)35-41-38(7)28-14-10-9-13-27(28)37(5,6)39(38,45-35)36(2,3)4;/h8-19,21,42H,1-7H3;/q-1;/t38-,39+;/m0./s1. The molecule has 1 N–H and O–H groups in total. The summed E-state index contributed by atoms with van der Waals surface area (Å²) in [6, 6.07) is 29.3. The molecule has 6 nitrogen and oxygen atoms in total. The second-order valence-electron chi connectivity index (χ2n) is 14.1. The van der Waals surface area contributed by atoms with Crippen molar-refractivity contribution in [3.8, 4) is 17.4 Å². The van der Waals surface area contributed by atoms with Gasteiger partial charge in [0, 0.05) is 43.3 Å². The van der Waals surface area contributed by atoms with Gasteiger partial charge in [0.05, 0.1) is 11.3 Å². The average molecular weight is 791 g/mol. The van der Waals surface area contributed by atoms with Crippen LogP contribution < -0.4 is 4.74 Å². The Bertz CT molecular complexity index is 2250. The van der Waals surface area contributed by atoms with Crippen LogP contribution in [0.4, 0.5) is 0 Å². The molecule has 2 aliphatic rings. The maximum absolute atomic E-state index is 10.6. The van der Waals surface area contributed by atoms with Crippen LogP contribution in [0.5, 0.6) is 17.4 Å². The molecule has 0 saturated carbocycles. The number of aryl methyl sites for hydroxylation is 1. The second kappa shape index (κ2) is 9.92. The predicted octanol–water partition coefficient (Wildman–Crippen LogP) is 9.51. The van der Waals surface area contributed by atoms with Gasteiger partial charge in [-0.15, -0.1) is 0 Å². The van der Waals surface area contributed by atoms with E-state index in [0.717, 1.165) is 27.3 Å². The third-order valence-corrected chi connectivity index (χ3v) is 10.0. The summed E-state index contributed by atoms with van der Waals surface area (Å²) in [7, 11) is 0. The zero-order valence-corrected chi connectivity index (χ0v) is 29.2. The van der Waals surface area contributed by atoms with Gasteiger partial charge in [-0.05, 0) is 60.2 Å². The number of pyridine rings is 1. The summed E-state index contributed by atoms with van der Waals surface area (Å²) in [5.41, 5.74) is 3.92. The topological polar surface area (TPSA) is 77.1 Å². The molecule has 0 amide bonds. The molecule has 1 aliphatic carbocycles. The zero-order chi connectivity index (χ0) is 31.5. The Kier molecular flexibility index (Phi) is 6.58. The number of para-hydroxylation sites is 1. The van der Waals surface area contributed by atoms with Crippen molar-refractivity contribution < 1.29 is 40.1 Å². The normalized spacial score (nSPS) is 21.5. The Morgan fingerprint density at radius 1 is 0.870 bits per heavy atom. The number of nitrogens with zero attached hydrogens (tertiary/aromatic N) is 2. The van der Waals surface area contributed by atoms with Crippen molar-refractivity contribution in [1.29, 1.82) is 0 Å². The van der Waals surface area contributed by atoms with E-state index in [1.807, 2.05) is 49.4 Å². The molecule has 7 heteroatoms. The number of phenolic OH excluding ortho intramolecular Hbond substituents is 1. The van der Waals surface area contributed by atoms with Crippen LogP contribution >= 0.6 is 0 Å². The summed E-state index contributed by atoms with van der Waals surface area (Å²) in [5, 5.41) is 13.2. The maximum atomic E-state index is 10.6. The van der Waals surface area contributed by atoms with E-state index in [0.29, 0.717) is 34.2 Å². The number of rotatable bonds is 3. The molecule has 0 bridgehead atoms. The Balaban J connectivity index is 0.00000338. The summed E-state index contributed by atoms with van der Waals surface area (Å²) >= 11 is 0. The van der Waals surface area contributed by atoms with E-state index in [2.05, 4.69) is 76.9 Å². The van der Waals surface area contributed by atoms with Gasteiger partial charge in [0.1, 0.15) is 33.9 Å². The molecule has 0 radical (unpaired) electrons. The Morgan fingerprint density at radius 3 is 2.35 bits per heavy atom. The minimum atomic E-state index is -0.696. The van der Waals surface area contributed by atoms with Gasteiger partial charge in [-0.25, -0.2) is 4.98 Å². The maximum Gasteiger partial charge on any atom is 0.217 e. The van der Waals surface area contributed by atoms with Gasteiger partial charge in [0.2, 0.25) is 5.88 Å². The van der Waals surface area contributed by atoms with Crippen LogP contribution in [0, 0.1) is 18.4 Å². The molecule has 0 spiro atoms. The Morgan fingerprint density at radius 2 is 1.59 bits per heavy atom. The monoisotopic (exact) mass is 790 g/mol. The van der Waals surface area contributed by atoms with Crippen molar-refractivity contribution in [1.82, 2.24) is 4.98 Å². The average Bonchev–Trinajstić information content (AvgIpc) is 3.57. The van der Waals surface area contributed by atoms with Crippen molar-refractivity contribution in [2.45, 2.75) is 65.0 Å². The van der Waals surface area contributed by atoms with Crippen molar-refractivity contribution in [2.24, 2.45) is 10.4 Å². The van der Waals surface area contributed by atoms with E-state index in [-0.39, 0.29) is 37.6 Å². The van der Waals surface area contributed by atoms with Gasteiger partial charge in [-0.3, -0.25) is 4.99 Å². The van der Waals surface area contributed by atoms with Crippen LogP contribution in [-0.2, 0) is 36.8 Å². The number of fused-ring (bicyclic) bond motifs is 7. The van der Waals surface area contributed by atoms with E-state index in [1.54, 1.807) is 12.1 Å². The molecule has 0 fully saturated rings. The molecular formula is C39H35N2O4Pt-. The molecule has 0 unspecified atom stereocenters. The first kappa shape index (κ1) is 30.5. The number of hydrogen-bond donors (Lipinski definition) is 1. The number of ether oxygens (including phenoxy) is 2. The van der Waals surface area contributed by atoms with E-state index in [1.165, 1.54) is 11.1 Å². The van der Waals surface area contributed by atoms with Crippen molar-refractivity contribution in [2.75, 3.05) is 0 Å². The first-order valence-electron chi connectivity index (χ1n) is 15.4. The number of benzene rings is 4. The minimum Gasteiger partial charge on any atom is -0.510 e. The van der Waals surface area contributed by atoms with E-state index in [4.69, 9.17) is 18.9 Å². The van der Waals surface area contributed by atoms with Crippen LogP contribution in [0.15, 0.2) is 88.3 Å². The number of hydrogen-bond acceptors (Lipinski definition) is 6. The number of aromatic nitrogens is 1. The summed E-state index contributed by atoms with van der Waals surface area (Å²) < 4.78 is 20.0. The van der Waals surface area contributed by atoms with Crippen LogP contribution in [0.25, 0.3) is 32.8 Å². The quantitative estimate of drug-likeness (QED) is 0.181. The fraction of sp³-hybridized carbons (Fsp3) is 0.282. The molecule has 2 atom stereocenters. The van der Waals surface area contributed by atoms with Crippen LogP contribution in [-0.4, -0.2) is 21.6 Å². The molecule has 236 valence electrons. The molecule has 46 heavy (non-hydrogen) atoms. The number of furan rings is 1. The van der Waals surface area contributed by atoms with Crippen molar-refractivity contribution in [3.63, 3.8) is 0 Å². The van der Waals surface area contributed by atoms with Crippen molar-refractivity contribution >= 4 is 38.7 Å². The molecule has 2 aromatic heterocycles. The van der Waals surface area contributed by atoms with E-state index in [9.17, 15) is 5.11 Å². The molecule has 8 rings (SSSR count). The minimum absolute atomic E-state index is 0. The number of aliphatic imine (C=N–C) groups is 1. The third kappa shape index (κ3) is 3.92. The van der Waals surface area contributed by atoms with Gasteiger partial charge in [0.15, 0.2) is 0 Å². The molecule has 1 aliphatic heterocycles.